The van der Waals surface area contributed by atoms with Gasteiger partial charge < -0.3 is 18.5 Å². The molecule has 150 valence electrons. The predicted octanol–water partition coefficient (Wildman–Crippen LogP) is 4.28. The first-order valence-corrected chi connectivity index (χ1v) is 9.30. The van der Waals surface area contributed by atoms with Gasteiger partial charge in [-0.05, 0) is 48.0 Å². The molecule has 1 atom stereocenters. The van der Waals surface area contributed by atoms with Crippen LogP contribution in [0.3, 0.4) is 0 Å². The van der Waals surface area contributed by atoms with E-state index in [4.69, 9.17) is 13.6 Å². The number of ether oxygens (including phenoxy) is 1. The van der Waals surface area contributed by atoms with Gasteiger partial charge in [-0.1, -0.05) is 12.1 Å². The number of hydrogen-bond donors (Lipinski definition) is 0. The van der Waals surface area contributed by atoms with E-state index in [9.17, 15) is 14.0 Å². The van der Waals surface area contributed by atoms with Gasteiger partial charge in [0, 0.05) is 0 Å². The van der Waals surface area contributed by atoms with E-state index in [1.807, 2.05) is 0 Å². The van der Waals surface area contributed by atoms with Crippen LogP contribution in [0.4, 0.5) is 4.39 Å². The van der Waals surface area contributed by atoms with Crippen molar-refractivity contribution in [3.8, 4) is 5.75 Å². The number of carbonyl (C=O) groups excluding carboxylic acids is 1. The third-order valence-electron chi connectivity index (χ3n) is 5.24. The van der Waals surface area contributed by atoms with Gasteiger partial charge >= 0.3 is 0 Å². The van der Waals surface area contributed by atoms with E-state index in [1.54, 1.807) is 36.4 Å². The van der Waals surface area contributed by atoms with E-state index in [2.05, 4.69) is 0 Å². The molecule has 1 aliphatic heterocycles. The minimum atomic E-state index is -0.725. The number of fused-ring (bicyclic) bond motifs is 2. The number of furan rings is 1. The van der Waals surface area contributed by atoms with Crippen LogP contribution in [-0.2, 0) is 6.54 Å². The highest BCUT2D eigenvalue weighted by Gasteiger charge is 2.43. The van der Waals surface area contributed by atoms with E-state index in [-0.39, 0.29) is 28.8 Å². The molecular formula is C23H16FNO5. The van der Waals surface area contributed by atoms with Crippen LogP contribution in [0.25, 0.3) is 11.0 Å². The summed E-state index contributed by atoms with van der Waals surface area (Å²) in [4.78, 5) is 28.1. The summed E-state index contributed by atoms with van der Waals surface area (Å²) in [6.45, 7) is 0.141. The van der Waals surface area contributed by atoms with Gasteiger partial charge in [0.1, 0.15) is 22.9 Å². The van der Waals surface area contributed by atoms with Crippen LogP contribution in [-0.4, -0.2) is 17.9 Å². The number of carbonyl (C=O) groups is 1. The molecule has 4 aromatic rings. The molecule has 5 rings (SSSR count). The zero-order valence-corrected chi connectivity index (χ0v) is 15.9. The van der Waals surface area contributed by atoms with Crippen molar-refractivity contribution in [3.05, 3.63) is 99.5 Å². The van der Waals surface area contributed by atoms with Crippen molar-refractivity contribution in [1.82, 2.24) is 4.90 Å². The van der Waals surface area contributed by atoms with Gasteiger partial charge in [-0.3, -0.25) is 9.59 Å². The van der Waals surface area contributed by atoms with E-state index in [0.29, 0.717) is 17.1 Å². The Morgan fingerprint density at radius 2 is 1.97 bits per heavy atom. The number of amides is 1. The molecule has 2 aromatic carbocycles. The van der Waals surface area contributed by atoms with Crippen molar-refractivity contribution in [2.75, 3.05) is 7.11 Å². The number of halogens is 1. The molecule has 7 heteroatoms. The van der Waals surface area contributed by atoms with Gasteiger partial charge in [-0.25, -0.2) is 4.39 Å². The lowest BCUT2D eigenvalue weighted by Gasteiger charge is -2.24. The maximum absolute atomic E-state index is 13.8. The number of nitrogens with zero attached hydrogens (tertiary/aromatic N) is 1. The molecule has 6 nitrogen and oxygen atoms in total. The first-order valence-electron chi connectivity index (χ1n) is 9.30. The fourth-order valence-electron chi connectivity index (χ4n) is 3.88. The minimum Gasteiger partial charge on any atom is -0.497 e. The molecule has 0 fully saturated rings. The van der Waals surface area contributed by atoms with Crippen LogP contribution < -0.4 is 10.2 Å². The fraction of sp³-hybridized carbons (Fsp3) is 0.130. The standard InChI is InChI=1S/C23H16FNO5/c1-28-15-5-2-4-13(10-15)20-19-21(26)17-11-14(24)7-8-18(17)30-22(19)23(27)25(20)12-16-6-3-9-29-16/h2-11,20H,12H2,1H3/t20-/m0/s1. The Balaban J connectivity index is 1.76. The van der Waals surface area contributed by atoms with E-state index < -0.39 is 23.2 Å². The zero-order valence-electron chi connectivity index (χ0n) is 15.9. The predicted molar refractivity (Wildman–Crippen MR) is 106 cm³/mol. The summed E-state index contributed by atoms with van der Waals surface area (Å²) in [5.41, 5.74) is 0.584. The zero-order chi connectivity index (χ0) is 20.8. The third kappa shape index (κ3) is 2.78. The molecule has 0 aliphatic carbocycles. The molecule has 0 saturated carbocycles. The Labute approximate surface area is 170 Å². The molecule has 1 aliphatic rings. The number of benzene rings is 2. The third-order valence-corrected chi connectivity index (χ3v) is 5.24. The molecule has 30 heavy (non-hydrogen) atoms. The SMILES string of the molecule is COc1cccc([C@H]2c3c(oc4ccc(F)cc4c3=O)C(=O)N2Cc2ccco2)c1. The number of hydrogen-bond acceptors (Lipinski definition) is 5. The van der Waals surface area contributed by atoms with Crippen LogP contribution in [0.5, 0.6) is 5.75 Å². The second kappa shape index (κ2) is 6.88. The second-order valence-corrected chi connectivity index (χ2v) is 7.01. The summed E-state index contributed by atoms with van der Waals surface area (Å²) in [6, 6.07) is 13.6. The van der Waals surface area contributed by atoms with Crippen LogP contribution in [0.2, 0.25) is 0 Å². The fourth-order valence-corrected chi connectivity index (χ4v) is 3.88. The maximum Gasteiger partial charge on any atom is 0.291 e. The maximum atomic E-state index is 13.8. The lowest BCUT2D eigenvalue weighted by molar-refractivity contribution is 0.0701. The normalized spacial score (nSPS) is 15.6. The van der Waals surface area contributed by atoms with E-state index >= 15 is 0 Å². The summed E-state index contributed by atoms with van der Waals surface area (Å²) in [5.74, 6) is 0.121. The van der Waals surface area contributed by atoms with Crippen molar-refractivity contribution in [3.63, 3.8) is 0 Å². The highest BCUT2D eigenvalue weighted by Crippen LogP contribution is 2.40. The van der Waals surface area contributed by atoms with Crippen LogP contribution in [0.15, 0.2) is 74.5 Å². The van der Waals surface area contributed by atoms with E-state index in [0.717, 1.165) is 6.07 Å². The smallest absolute Gasteiger partial charge is 0.291 e. The quantitative estimate of drug-likeness (QED) is 0.507. The summed E-state index contributed by atoms with van der Waals surface area (Å²) >= 11 is 0. The van der Waals surface area contributed by atoms with Crippen molar-refractivity contribution < 1.29 is 22.8 Å². The molecule has 0 radical (unpaired) electrons. The molecule has 0 saturated heterocycles. The van der Waals surface area contributed by atoms with Gasteiger partial charge in [0.25, 0.3) is 5.91 Å². The van der Waals surface area contributed by atoms with Crippen molar-refractivity contribution in [1.29, 1.82) is 0 Å². The Hall–Kier alpha value is -3.87. The van der Waals surface area contributed by atoms with Gasteiger partial charge in [-0.15, -0.1) is 0 Å². The highest BCUT2D eigenvalue weighted by atomic mass is 19.1. The Morgan fingerprint density at radius 3 is 2.73 bits per heavy atom. The number of methoxy groups -OCH3 is 1. The van der Waals surface area contributed by atoms with E-state index in [1.165, 1.54) is 30.4 Å². The van der Waals surface area contributed by atoms with Crippen molar-refractivity contribution in [2.24, 2.45) is 0 Å². The van der Waals surface area contributed by atoms with Gasteiger partial charge in [0.2, 0.25) is 5.76 Å². The molecule has 2 aromatic heterocycles. The van der Waals surface area contributed by atoms with Gasteiger partial charge in [0.15, 0.2) is 5.43 Å². The van der Waals surface area contributed by atoms with Crippen molar-refractivity contribution >= 4 is 16.9 Å². The summed E-state index contributed by atoms with van der Waals surface area (Å²) in [7, 11) is 1.54. The first kappa shape index (κ1) is 18.2. The lowest BCUT2D eigenvalue weighted by Crippen LogP contribution is -2.29. The molecule has 0 unspecified atom stereocenters. The van der Waals surface area contributed by atoms with Crippen LogP contribution in [0.1, 0.15) is 33.5 Å². The Morgan fingerprint density at radius 1 is 1.10 bits per heavy atom. The number of rotatable bonds is 4. The molecule has 0 bridgehead atoms. The summed E-state index contributed by atoms with van der Waals surface area (Å²) in [6.07, 6.45) is 1.52. The average molecular weight is 405 g/mol. The average Bonchev–Trinajstić information content (AvgIpc) is 3.36. The van der Waals surface area contributed by atoms with Crippen molar-refractivity contribution in [2.45, 2.75) is 12.6 Å². The molecule has 3 heterocycles. The molecule has 1 amide bonds. The van der Waals surface area contributed by atoms with Gasteiger partial charge in [0.05, 0.1) is 36.9 Å². The topological polar surface area (TPSA) is 72.9 Å². The molecular weight excluding hydrogens is 389 g/mol. The van der Waals surface area contributed by atoms with Crippen LogP contribution in [0, 0.1) is 5.82 Å². The highest BCUT2D eigenvalue weighted by molar-refractivity contribution is 5.99. The Kier molecular flexibility index (Phi) is 4.17. The minimum absolute atomic E-state index is 0.0431. The van der Waals surface area contributed by atoms with Crippen LogP contribution >= 0.6 is 0 Å². The second-order valence-electron chi connectivity index (χ2n) is 7.01. The summed E-state index contributed by atoms with van der Waals surface area (Å²) in [5, 5.41) is 0.0919. The largest absolute Gasteiger partial charge is 0.497 e. The Bertz CT molecular complexity index is 1330. The molecule has 0 N–H and O–H groups in total. The molecule has 0 spiro atoms. The monoisotopic (exact) mass is 405 g/mol. The first-order chi connectivity index (χ1) is 14.6. The lowest BCUT2D eigenvalue weighted by atomic mass is 9.98. The van der Waals surface area contributed by atoms with Gasteiger partial charge in [-0.2, -0.15) is 0 Å². The summed E-state index contributed by atoms with van der Waals surface area (Å²) < 4.78 is 30.3.